The van der Waals surface area contributed by atoms with Gasteiger partial charge in [-0.3, -0.25) is 0 Å². The number of aliphatic hydroxyl groups excluding tert-OH is 1. The van der Waals surface area contributed by atoms with E-state index < -0.39 is 11.1 Å². The monoisotopic (exact) mass is 216 g/mol. The maximum Gasteiger partial charge on any atom is 0.410 e. The van der Waals surface area contributed by atoms with Gasteiger partial charge in [-0.05, 0) is 27.2 Å². The van der Waals surface area contributed by atoms with Gasteiger partial charge in [-0.25, -0.2) is 4.79 Å². The van der Waals surface area contributed by atoms with Crippen molar-refractivity contribution in [3.8, 4) is 0 Å². The van der Waals surface area contributed by atoms with E-state index in [9.17, 15) is 4.79 Å². The van der Waals surface area contributed by atoms with Crippen molar-refractivity contribution in [1.82, 2.24) is 4.90 Å². The number of carbonyl (C=O) groups is 1. The lowest BCUT2D eigenvalue weighted by atomic mass is 10.0. The van der Waals surface area contributed by atoms with Gasteiger partial charge in [-0.1, -0.05) is 0 Å². The van der Waals surface area contributed by atoms with Crippen LogP contribution in [0.4, 0.5) is 4.79 Å². The Morgan fingerprint density at radius 2 is 2.20 bits per heavy atom. The minimum atomic E-state index is -0.656. The predicted octanol–water partition coefficient (Wildman–Crippen LogP) is 0.317. The SMILES string of the molecule is CC(C)(C)OC(=O)N1CC[C@@](N)(CO)C1. The zero-order valence-electron chi connectivity index (χ0n) is 9.62. The van der Waals surface area contributed by atoms with Crippen LogP contribution in [0, 0.1) is 0 Å². The summed E-state index contributed by atoms with van der Waals surface area (Å²) in [7, 11) is 0. The van der Waals surface area contributed by atoms with Crippen molar-refractivity contribution < 1.29 is 14.6 Å². The molecule has 0 radical (unpaired) electrons. The first-order chi connectivity index (χ1) is 6.76. The Labute approximate surface area is 90.2 Å². The van der Waals surface area contributed by atoms with E-state index in [2.05, 4.69) is 0 Å². The summed E-state index contributed by atoms with van der Waals surface area (Å²) in [6, 6.07) is 0. The number of nitrogens with zero attached hydrogens (tertiary/aromatic N) is 1. The highest BCUT2D eigenvalue weighted by Crippen LogP contribution is 2.20. The average molecular weight is 216 g/mol. The highest BCUT2D eigenvalue weighted by Gasteiger charge is 2.37. The molecule has 1 fully saturated rings. The van der Waals surface area contributed by atoms with E-state index in [-0.39, 0.29) is 12.7 Å². The van der Waals surface area contributed by atoms with Crippen LogP contribution >= 0.6 is 0 Å². The Hall–Kier alpha value is -0.810. The Morgan fingerprint density at radius 1 is 1.60 bits per heavy atom. The molecule has 1 heterocycles. The number of likely N-dealkylation sites (tertiary alicyclic amines) is 1. The first-order valence-electron chi connectivity index (χ1n) is 5.13. The van der Waals surface area contributed by atoms with Crippen LogP contribution in [0.25, 0.3) is 0 Å². The summed E-state index contributed by atoms with van der Waals surface area (Å²) in [4.78, 5) is 13.2. The summed E-state index contributed by atoms with van der Waals surface area (Å²) < 4.78 is 5.21. The summed E-state index contributed by atoms with van der Waals surface area (Å²) in [6.07, 6.45) is 0.256. The summed E-state index contributed by atoms with van der Waals surface area (Å²) in [5.74, 6) is 0. The molecule has 0 bridgehead atoms. The standard InChI is InChI=1S/C10H20N2O3/c1-9(2,3)15-8(14)12-5-4-10(11,6-12)7-13/h13H,4-7,11H2,1-3H3/t10-/m0/s1. The maximum atomic E-state index is 11.6. The molecule has 1 rings (SSSR count). The number of hydrogen-bond acceptors (Lipinski definition) is 4. The fourth-order valence-corrected chi connectivity index (χ4v) is 1.51. The van der Waals surface area contributed by atoms with E-state index in [0.717, 1.165) is 0 Å². The van der Waals surface area contributed by atoms with Crippen LogP contribution in [-0.4, -0.2) is 46.9 Å². The van der Waals surface area contributed by atoms with Gasteiger partial charge in [0, 0.05) is 13.1 Å². The van der Waals surface area contributed by atoms with Crippen molar-refractivity contribution in [3.05, 3.63) is 0 Å². The molecule has 15 heavy (non-hydrogen) atoms. The molecule has 1 amide bonds. The summed E-state index contributed by atoms with van der Waals surface area (Å²) in [5.41, 5.74) is 4.71. The van der Waals surface area contributed by atoms with Gasteiger partial charge >= 0.3 is 6.09 Å². The third-order valence-electron chi connectivity index (χ3n) is 2.35. The van der Waals surface area contributed by atoms with E-state index in [1.54, 1.807) is 4.90 Å². The van der Waals surface area contributed by atoms with Gasteiger partial charge in [0.2, 0.25) is 0 Å². The number of carbonyl (C=O) groups excluding carboxylic acids is 1. The Kier molecular flexibility index (Phi) is 3.25. The number of aliphatic hydroxyl groups is 1. The number of ether oxygens (including phenoxy) is 1. The zero-order chi connectivity index (χ0) is 11.7. The lowest BCUT2D eigenvalue weighted by Crippen LogP contribution is -2.47. The van der Waals surface area contributed by atoms with E-state index in [1.807, 2.05) is 20.8 Å². The highest BCUT2D eigenvalue weighted by atomic mass is 16.6. The molecule has 5 nitrogen and oxygen atoms in total. The molecular formula is C10H20N2O3. The molecule has 1 aliphatic heterocycles. The molecule has 88 valence electrons. The third-order valence-corrected chi connectivity index (χ3v) is 2.35. The molecule has 0 aliphatic carbocycles. The zero-order valence-corrected chi connectivity index (χ0v) is 9.62. The molecular weight excluding hydrogens is 196 g/mol. The fourth-order valence-electron chi connectivity index (χ4n) is 1.51. The minimum Gasteiger partial charge on any atom is -0.444 e. The van der Waals surface area contributed by atoms with Crippen molar-refractivity contribution in [2.24, 2.45) is 5.73 Å². The van der Waals surface area contributed by atoms with Crippen molar-refractivity contribution in [3.63, 3.8) is 0 Å². The normalized spacial score (nSPS) is 26.9. The van der Waals surface area contributed by atoms with Crippen LogP contribution in [-0.2, 0) is 4.74 Å². The van der Waals surface area contributed by atoms with Gasteiger partial charge in [-0.15, -0.1) is 0 Å². The van der Waals surface area contributed by atoms with Crippen molar-refractivity contribution in [2.75, 3.05) is 19.7 Å². The fraction of sp³-hybridized carbons (Fsp3) is 0.900. The van der Waals surface area contributed by atoms with Crippen LogP contribution in [0.3, 0.4) is 0 Å². The quantitative estimate of drug-likeness (QED) is 0.661. The summed E-state index contributed by atoms with van der Waals surface area (Å²) in [6.45, 7) is 6.27. The molecule has 0 aromatic carbocycles. The summed E-state index contributed by atoms with van der Waals surface area (Å²) >= 11 is 0. The van der Waals surface area contributed by atoms with Crippen LogP contribution < -0.4 is 5.73 Å². The Bertz CT molecular complexity index is 250. The van der Waals surface area contributed by atoms with Gasteiger partial charge < -0.3 is 20.5 Å². The molecule has 0 unspecified atom stereocenters. The molecule has 0 spiro atoms. The van der Waals surface area contributed by atoms with Crippen LogP contribution in [0.2, 0.25) is 0 Å². The molecule has 1 atom stereocenters. The number of hydrogen-bond donors (Lipinski definition) is 2. The smallest absolute Gasteiger partial charge is 0.410 e. The molecule has 0 saturated carbocycles. The minimum absolute atomic E-state index is 0.105. The van der Waals surface area contributed by atoms with Gasteiger partial charge in [0.1, 0.15) is 5.60 Å². The maximum absolute atomic E-state index is 11.6. The molecule has 3 N–H and O–H groups in total. The summed E-state index contributed by atoms with van der Waals surface area (Å²) in [5, 5.41) is 9.05. The molecule has 0 aromatic rings. The molecule has 1 saturated heterocycles. The third kappa shape index (κ3) is 3.35. The van der Waals surface area contributed by atoms with E-state index in [4.69, 9.17) is 15.6 Å². The van der Waals surface area contributed by atoms with Crippen molar-refractivity contribution in [1.29, 1.82) is 0 Å². The second kappa shape index (κ2) is 3.98. The first-order valence-corrected chi connectivity index (χ1v) is 5.13. The van der Waals surface area contributed by atoms with Crippen LogP contribution in [0.15, 0.2) is 0 Å². The number of nitrogens with two attached hydrogens (primary N) is 1. The number of amides is 1. The van der Waals surface area contributed by atoms with Gasteiger partial charge in [0.05, 0.1) is 12.1 Å². The van der Waals surface area contributed by atoms with Crippen LogP contribution in [0.5, 0.6) is 0 Å². The lowest BCUT2D eigenvalue weighted by Gasteiger charge is -2.26. The van der Waals surface area contributed by atoms with Crippen LogP contribution in [0.1, 0.15) is 27.2 Å². The van der Waals surface area contributed by atoms with Gasteiger partial charge in [0.25, 0.3) is 0 Å². The second-order valence-corrected chi connectivity index (χ2v) is 5.17. The molecule has 0 aromatic heterocycles. The van der Waals surface area contributed by atoms with E-state index >= 15 is 0 Å². The topological polar surface area (TPSA) is 75.8 Å². The van der Waals surface area contributed by atoms with Crippen molar-refractivity contribution >= 4 is 6.09 Å². The largest absolute Gasteiger partial charge is 0.444 e. The number of rotatable bonds is 1. The first kappa shape index (κ1) is 12.3. The van der Waals surface area contributed by atoms with Gasteiger partial charge in [-0.2, -0.15) is 0 Å². The lowest BCUT2D eigenvalue weighted by molar-refractivity contribution is 0.0278. The Morgan fingerprint density at radius 3 is 2.60 bits per heavy atom. The van der Waals surface area contributed by atoms with Crippen molar-refractivity contribution in [2.45, 2.75) is 38.3 Å². The van der Waals surface area contributed by atoms with Gasteiger partial charge in [0.15, 0.2) is 0 Å². The predicted molar refractivity (Wildman–Crippen MR) is 56.4 cm³/mol. The van der Waals surface area contributed by atoms with E-state index in [0.29, 0.717) is 19.5 Å². The van der Waals surface area contributed by atoms with E-state index in [1.165, 1.54) is 0 Å². The molecule has 5 heteroatoms. The highest BCUT2D eigenvalue weighted by molar-refractivity contribution is 5.68. The molecule has 1 aliphatic rings. The Balaban J connectivity index is 2.51. The average Bonchev–Trinajstić information content (AvgIpc) is 2.46. The second-order valence-electron chi connectivity index (χ2n) is 5.17.